The molecule has 0 aromatic carbocycles. The van der Waals surface area contributed by atoms with E-state index in [1.807, 2.05) is 0 Å². The molecule has 0 radical (unpaired) electrons. The predicted molar refractivity (Wildman–Crippen MR) is 68.7 cm³/mol. The van der Waals surface area contributed by atoms with Crippen LogP contribution in [0.25, 0.3) is 0 Å². The molecule has 1 aliphatic rings. The molecule has 1 amide bonds. The Hall–Kier alpha value is -1.57. The van der Waals surface area contributed by atoms with Gasteiger partial charge < -0.3 is 10.0 Å². The highest BCUT2D eigenvalue weighted by atomic mass is 32.2. The first-order chi connectivity index (χ1) is 9.08. The highest BCUT2D eigenvalue weighted by Crippen LogP contribution is 2.19. The molecule has 0 aliphatic carbocycles. The van der Waals surface area contributed by atoms with Crippen molar-refractivity contribution < 1.29 is 14.7 Å². The van der Waals surface area contributed by atoms with E-state index < -0.39 is 5.97 Å². The van der Waals surface area contributed by atoms with Gasteiger partial charge in [-0.1, -0.05) is 11.8 Å². The van der Waals surface area contributed by atoms with Crippen LogP contribution in [0, 0.1) is 5.92 Å². The number of nitrogens with zero attached hydrogens (tertiary/aromatic N) is 4. The van der Waals surface area contributed by atoms with Gasteiger partial charge in [-0.25, -0.2) is 9.67 Å². The van der Waals surface area contributed by atoms with Crippen LogP contribution in [0.2, 0.25) is 0 Å². The lowest BCUT2D eigenvalue weighted by molar-refractivity contribution is -0.145. The van der Waals surface area contributed by atoms with Gasteiger partial charge in [0.2, 0.25) is 5.91 Å². The third kappa shape index (κ3) is 3.46. The van der Waals surface area contributed by atoms with Crippen LogP contribution in [0.3, 0.4) is 0 Å². The third-order valence-corrected chi connectivity index (χ3v) is 4.21. The summed E-state index contributed by atoms with van der Waals surface area (Å²) in [6.45, 7) is 1.05. The zero-order chi connectivity index (χ0) is 13.8. The standard InChI is InChI=1S/C11H16N4O3S/c1-14-11(12-7-13-14)19-6-9(16)15-4-2-8(3-5-15)10(17)18/h7-8H,2-6H2,1H3,(H,17,18). The molecule has 7 nitrogen and oxygen atoms in total. The van der Waals surface area contributed by atoms with E-state index in [-0.39, 0.29) is 11.8 Å². The zero-order valence-electron chi connectivity index (χ0n) is 10.7. The maximum absolute atomic E-state index is 12.0. The van der Waals surface area contributed by atoms with Crippen molar-refractivity contribution in [2.45, 2.75) is 18.0 Å². The molecule has 1 N–H and O–H groups in total. The number of aryl methyl sites for hydroxylation is 1. The largest absolute Gasteiger partial charge is 0.481 e. The number of rotatable bonds is 4. The van der Waals surface area contributed by atoms with Crippen molar-refractivity contribution in [2.24, 2.45) is 13.0 Å². The summed E-state index contributed by atoms with van der Waals surface area (Å²) in [5, 5.41) is 13.5. The number of carbonyl (C=O) groups is 2. The van der Waals surface area contributed by atoms with Gasteiger partial charge in [0.15, 0.2) is 5.16 Å². The van der Waals surface area contributed by atoms with Crippen LogP contribution in [-0.2, 0) is 16.6 Å². The second-order valence-electron chi connectivity index (χ2n) is 4.45. The van der Waals surface area contributed by atoms with E-state index >= 15 is 0 Å². The van der Waals surface area contributed by atoms with Gasteiger partial charge in [-0.15, -0.1) is 0 Å². The number of likely N-dealkylation sites (tertiary alicyclic amines) is 1. The van der Waals surface area contributed by atoms with E-state index in [2.05, 4.69) is 10.1 Å². The Morgan fingerprint density at radius 2 is 2.16 bits per heavy atom. The topological polar surface area (TPSA) is 88.3 Å². The number of amides is 1. The smallest absolute Gasteiger partial charge is 0.306 e. The van der Waals surface area contributed by atoms with E-state index in [9.17, 15) is 9.59 Å². The van der Waals surface area contributed by atoms with Crippen LogP contribution in [0.1, 0.15) is 12.8 Å². The molecule has 1 aromatic heterocycles. The Bertz CT molecular complexity index is 468. The highest BCUT2D eigenvalue weighted by molar-refractivity contribution is 7.99. The monoisotopic (exact) mass is 284 g/mol. The number of hydrogen-bond donors (Lipinski definition) is 1. The number of hydrogen-bond acceptors (Lipinski definition) is 5. The fourth-order valence-electron chi connectivity index (χ4n) is 2.01. The first kappa shape index (κ1) is 13.9. The fraction of sp³-hybridized carbons (Fsp3) is 0.636. The summed E-state index contributed by atoms with van der Waals surface area (Å²) in [7, 11) is 1.78. The molecule has 1 aromatic rings. The van der Waals surface area contributed by atoms with Crippen molar-refractivity contribution in [3.05, 3.63) is 6.33 Å². The normalized spacial score (nSPS) is 16.6. The molecule has 0 atom stereocenters. The molecule has 104 valence electrons. The minimum atomic E-state index is -0.763. The van der Waals surface area contributed by atoms with Gasteiger partial charge in [-0.2, -0.15) is 5.10 Å². The van der Waals surface area contributed by atoms with Crippen molar-refractivity contribution in [1.29, 1.82) is 0 Å². The van der Waals surface area contributed by atoms with E-state index in [0.29, 0.717) is 36.8 Å². The van der Waals surface area contributed by atoms with Gasteiger partial charge in [-0.05, 0) is 12.8 Å². The van der Waals surface area contributed by atoms with Crippen LogP contribution in [0.5, 0.6) is 0 Å². The lowest BCUT2D eigenvalue weighted by Crippen LogP contribution is -2.41. The van der Waals surface area contributed by atoms with E-state index in [0.717, 1.165) is 0 Å². The predicted octanol–water partition coefficient (Wildman–Crippen LogP) is 0.230. The zero-order valence-corrected chi connectivity index (χ0v) is 11.5. The quantitative estimate of drug-likeness (QED) is 0.796. The molecule has 1 aliphatic heterocycles. The Kier molecular flexibility index (Phi) is 4.41. The number of aromatic nitrogens is 3. The Morgan fingerprint density at radius 1 is 1.47 bits per heavy atom. The van der Waals surface area contributed by atoms with Gasteiger partial charge in [-0.3, -0.25) is 9.59 Å². The maximum atomic E-state index is 12.0. The van der Waals surface area contributed by atoms with Gasteiger partial charge in [0.25, 0.3) is 0 Å². The molecule has 2 rings (SSSR count). The highest BCUT2D eigenvalue weighted by Gasteiger charge is 2.26. The van der Waals surface area contributed by atoms with Crippen molar-refractivity contribution >= 4 is 23.6 Å². The molecule has 1 fully saturated rings. The van der Waals surface area contributed by atoms with Crippen LogP contribution in [-0.4, -0.2) is 55.5 Å². The molecular weight excluding hydrogens is 268 g/mol. The minimum Gasteiger partial charge on any atom is -0.481 e. The van der Waals surface area contributed by atoms with E-state index in [1.54, 1.807) is 16.6 Å². The molecule has 1 saturated heterocycles. The third-order valence-electron chi connectivity index (χ3n) is 3.19. The summed E-state index contributed by atoms with van der Waals surface area (Å²) in [6, 6.07) is 0. The molecule has 19 heavy (non-hydrogen) atoms. The lowest BCUT2D eigenvalue weighted by atomic mass is 9.97. The summed E-state index contributed by atoms with van der Waals surface area (Å²) < 4.78 is 1.62. The maximum Gasteiger partial charge on any atom is 0.306 e. The average molecular weight is 284 g/mol. The summed E-state index contributed by atoms with van der Waals surface area (Å²) in [4.78, 5) is 28.6. The molecule has 0 saturated carbocycles. The van der Waals surface area contributed by atoms with Gasteiger partial charge in [0.05, 0.1) is 11.7 Å². The van der Waals surface area contributed by atoms with Crippen molar-refractivity contribution in [2.75, 3.05) is 18.8 Å². The molecular formula is C11H16N4O3S. The summed E-state index contributed by atoms with van der Waals surface area (Å²) in [5.74, 6) is -0.739. The summed E-state index contributed by atoms with van der Waals surface area (Å²) in [6.07, 6.45) is 2.52. The summed E-state index contributed by atoms with van der Waals surface area (Å²) >= 11 is 1.34. The number of thioether (sulfide) groups is 1. The van der Waals surface area contributed by atoms with Crippen molar-refractivity contribution in [3.63, 3.8) is 0 Å². The van der Waals surface area contributed by atoms with E-state index in [1.165, 1.54) is 18.1 Å². The van der Waals surface area contributed by atoms with Crippen molar-refractivity contribution in [3.8, 4) is 0 Å². The Labute approximate surface area is 115 Å². The van der Waals surface area contributed by atoms with Gasteiger partial charge in [0, 0.05) is 20.1 Å². The number of carboxylic acid groups (broad SMARTS) is 1. The van der Waals surface area contributed by atoms with E-state index in [4.69, 9.17) is 5.11 Å². The fourth-order valence-corrected chi connectivity index (χ4v) is 2.80. The van der Waals surface area contributed by atoms with Gasteiger partial charge >= 0.3 is 5.97 Å². The number of carboxylic acids is 1. The number of piperidine rings is 1. The number of aliphatic carboxylic acids is 1. The molecule has 2 heterocycles. The second-order valence-corrected chi connectivity index (χ2v) is 5.39. The first-order valence-corrected chi connectivity index (χ1v) is 7.04. The van der Waals surface area contributed by atoms with Crippen LogP contribution in [0.4, 0.5) is 0 Å². The van der Waals surface area contributed by atoms with Crippen molar-refractivity contribution in [1.82, 2.24) is 19.7 Å². The molecule has 0 unspecified atom stereocenters. The Balaban J connectivity index is 1.79. The summed E-state index contributed by atoms with van der Waals surface area (Å²) in [5.41, 5.74) is 0. The van der Waals surface area contributed by atoms with Crippen LogP contribution >= 0.6 is 11.8 Å². The Morgan fingerprint density at radius 3 is 2.68 bits per heavy atom. The minimum absolute atomic E-state index is 0.0249. The molecule has 8 heteroatoms. The second kappa shape index (κ2) is 6.05. The number of carbonyl (C=O) groups excluding carboxylic acids is 1. The SMILES string of the molecule is Cn1ncnc1SCC(=O)N1CCC(C(=O)O)CC1. The molecule has 0 bridgehead atoms. The average Bonchev–Trinajstić information content (AvgIpc) is 2.81. The first-order valence-electron chi connectivity index (χ1n) is 6.05. The lowest BCUT2D eigenvalue weighted by Gasteiger charge is -2.30. The van der Waals surface area contributed by atoms with Crippen LogP contribution < -0.4 is 0 Å². The molecule has 0 spiro atoms. The van der Waals surface area contributed by atoms with Crippen LogP contribution in [0.15, 0.2) is 11.5 Å². The van der Waals surface area contributed by atoms with Gasteiger partial charge in [0.1, 0.15) is 6.33 Å².